The van der Waals surface area contributed by atoms with Gasteiger partial charge in [-0.3, -0.25) is 0 Å². The van der Waals surface area contributed by atoms with Gasteiger partial charge in [0.05, 0.1) is 0 Å². The normalized spacial score (nSPS) is 10.4. The van der Waals surface area contributed by atoms with Crippen LogP contribution in [0.5, 0.6) is 0 Å². The summed E-state index contributed by atoms with van der Waals surface area (Å²) in [5, 5.41) is 3.52. The Labute approximate surface area is 115 Å². The molecule has 0 aliphatic rings. The van der Waals surface area contributed by atoms with Gasteiger partial charge in [-0.05, 0) is 30.2 Å². The number of nitrogens with one attached hydrogen (secondary N) is 1. The van der Waals surface area contributed by atoms with Crippen molar-refractivity contribution in [2.24, 2.45) is 0 Å². The van der Waals surface area contributed by atoms with Crippen LogP contribution in [0.2, 0.25) is 0 Å². The summed E-state index contributed by atoms with van der Waals surface area (Å²) in [6, 6.07) is 16.4. The van der Waals surface area contributed by atoms with Crippen LogP contribution in [0, 0.1) is 0 Å². The first-order valence-electron chi connectivity index (χ1n) is 7.00. The Morgan fingerprint density at radius 3 is 2.53 bits per heavy atom. The molecule has 2 nitrogen and oxygen atoms in total. The van der Waals surface area contributed by atoms with Crippen molar-refractivity contribution in [1.29, 1.82) is 0 Å². The molecule has 0 amide bonds. The molecule has 0 bridgehead atoms. The summed E-state index contributed by atoms with van der Waals surface area (Å²) < 4.78 is 0. The van der Waals surface area contributed by atoms with Gasteiger partial charge in [0.15, 0.2) is 0 Å². The molecule has 2 aromatic carbocycles. The quantitative estimate of drug-likeness (QED) is 0.586. The maximum absolute atomic E-state index is 5.91. The van der Waals surface area contributed by atoms with E-state index in [4.69, 9.17) is 5.73 Å². The maximum atomic E-state index is 5.91. The second-order valence-electron chi connectivity index (χ2n) is 4.80. The molecule has 2 rings (SSSR count). The molecule has 2 heteroatoms. The van der Waals surface area contributed by atoms with E-state index in [1.807, 2.05) is 18.2 Å². The van der Waals surface area contributed by atoms with Gasteiger partial charge in [-0.1, -0.05) is 50.1 Å². The molecule has 2 aromatic rings. The Morgan fingerprint density at radius 1 is 1.00 bits per heavy atom. The molecule has 0 aliphatic carbocycles. The Kier molecular flexibility index (Phi) is 4.85. The van der Waals surface area contributed by atoms with E-state index in [9.17, 15) is 0 Å². The van der Waals surface area contributed by atoms with Crippen molar-refractivity contribution in [3.63, 3.8) is 0 Å². The Bertz CT molecular complexity index is 506. The highest BCUT2D eigenvalue weighted by atomic mass is 14.9. The number of unbranched alkanes of at least 4 members (excludes halogenated alkanes) is 2. The van der Waals surface area contributed by atoms with E-state index in [-0.39, 0.29) is 0 Å². The fraction of sp³-hybridized carbons (Fsp3) is 0.294. The van der Waals surface area contributed by atoms with Crippen LogP contribution in [-0.2, 0) is 0 Å². The third-order valence-electron chi connectivity index (χ3n) is 3.22. The monoisotopic (exact) mass is 254 g/mol. The lowest BCUT2D eigenvalue weighted by Gasteiger charge is -2.13. The average Bonchev–Trinajstić information content (AvgIpc) is 2.46. The summed E-state index contributed by atoms with van der Waals surface area (Å²) in [5.74, 6) is 0. The van der Waals surface area contributed by atoms with E-state index in [1.54, 1.807) is 0 Å². The van der Waals surface area contributed by atoms with Gasteiger partial charge in [-0.15, -0.1) is 0 Å². The Balaban J connectivity index is 2.19. The largest absolute Gasteiger partial charge is 0.399 e. The summed E-state index contributed by atoms with van der Waals surface area (Å²) in [7, 11) is 0. The standard InChI is InChI=1S/C17H22N2/c1-2-3-7-12-19-17-11-10-15(18)13-16(17)14-8-5-4-6-9-14/h4-6,8-11,13,19H,2-3,7,12,18H2,1H3. The molecular weight excluding hydrogens is 232 g/mol. The lowest BCUT2D eigenvalue weighted by atomic mass is 10.0. The van der Waals surface area contributed by atoms with E-state index in [0.29, 0.717) is 0 Å². The summed E-state index contributed by atoms with van der Waals surface area (Å²) >= 11 is 0. The lowest BCUT2D eigenvalue weighted by molar-refractivity contribution is 0.744. The van der Waals surface area contributed by atoms with E-state index >= 15 is 0 Å². The van der Waals surface area contributed by atoms with Crippen LogP contribution in [0.1, 0.15) is 26.2 Å². The number of rotatable bonds is 6. The summed E-state index contributed by atoms with van der Waals surface area (Å²) in [6.45, 7) is 3.23. The number of anilines is 2. The van der Waals surface area contributed by atoms with Crippen LogP contribution in [0.15, 0.2) is 48.5 Å². The van der Waals surface area contributed by atoms with Crippen molar-refractivity contribution >= 4 is 11.4 Å². The zero-order valence-electron chi connectivity index (χ0n) is 11.5. The SMILES string of the molecule is CCCCCNc1ccc(N)cc1-c1ccccc1. The third-order valence-corrected chi connectivity index (χ3v) is 3.22. The van der Waals surface area contributed by atoms with Gasteiger partial charge in [0.25, 0.3) is 0 Å². The molecule has 0 saturated carbocycles. The van der Waals surface area contributed by atoms with Gasteiger partial charge in [0.2, 0.25) is 0 Å². The number of hydrogen-bond donors (Lipinski definition) is 2. The molecule has 19 heavy (non-hydrogen) atoms. The van der Waals surface area contributed by atoms with Crippen LogP contribution in [0.4, 0.5) is 11.4 Å². The van der Waals surface area contributed by atoms with E-state index in [0.717, 1.165) is 17.9 Å². The molecule has 100 valence electrons. The first-order chi connectivity index (χ1) is 9.31. The predicted molar refractivity (Wildman–Crippen MR) is 84.3 cm³/mol. The molecule has 3 N–H and O–H groups in total. The molecule has 0 aliphatic heterocycles. The van der Waals surface area contributed by atoms with Crippen LogP contribution < -0.4 is 11.1 Å². The van der Waals surface area contributed by atoms with Gasteiger partial charge < -0.3 is 11.1 Å². The predicted octanol–water partition coefficient (Wildman–Crippen LogP) is 4.54. The van der Waals surface area contributed by atoms with Crippen molar-refractivity contribution in [3.8, 4) is 11.1 Å². The van der Waals surface area contributed by atoms with Crippen LogP contribution in [-0.4, -0.2) is 6.54 Å². The lowest BCUT2D eigenvalue weighted by Crippen LogP contribution is -2.03. The molecule has 0 heterocycles. The minimum absolute atomic E-state index is 0.804. The van der Waals surface area contributed by atoms with Gasteiger partial charge in [0, 0.05) is 23.5 Å². The number of nitrogen functional groups attached to an aromatic ring is 1. The highest BCUT2D eigenvalue weighted by Gasteiger charge is 2.04. The van der Waals surface area contributed by atoms with Gasteiger partial charge >= 0.3 is 0 Å². The zero-order valence-corrected chi connectivity index (χ0v) is 11.5. The first-order valence-corrected chi connectivity index (χ1v) is 7.00. The molecule has 0 saturated heterocycles. The van der Waals surface area contributed by atoms with Crippen molar-refractivity contribution in [3.05, 3.63) is 48.5 Å². The highest BCUT2D eigenvalue weighted by molar-refractivity contribution is 5.80. The second kappa shape index (κ2) is 6.83. The number of nitrogens with two attached hydrogens (primary N) is 1. The summed E-state index contributed by atoms with van der Waals surface area (Å²) in [4.78, 5) is 0. The maximum Gasteiger partial charge on any atom is 0.0421 e. The molecule has 0 radical (unpaired) electrons. The van der Waals surface area contributed by atoms with Crippen LogP contribution >= 0.6 is 0 Å². The topological polar surface area (TPSA) is 38.0 Å². The van der Waals surface area contributed by atoms with Crippen molar-refractivity contribution in [2.75, 3.05) is 17.6 Å². The molecule has 0 atom stereocenters. The molecule has 0 spiro atoms. The van der Waals surface area contributed by atoms with E-state index in [2.05, 4.69) is 42.6 Å². The van der Waals surface area contributed by atoms with Crippen LogP contribution in [0.25, 0.3) is 11.1 Å². The fourth-order valence-electron chi connectivity index (χ4n) is 2.17. The van der Waals surface area contributed by atoms with Crippen molar-refractivity contribution in [1.82, 2.24) is 0 Å². The Hall–Kier alpha value is -1.96. The van der Waals surface area contributed by atoms with E-state index < -0.39 is 0 Å². The summed E-state index contributed by atoms with van der Waals surface area (Å²) in [5.41, 5.74) is 10.3. The fourth-order valence-corrected chi connectivity index (χ4v) is 2.17. The number of hydrogen-bond acceptors (Lipinski definition) is 2. The van der Waals surface area contributed by atoms with Gasteiger partial charge in [-0.2, -0.15) is 0 Å². The van der Waals surface area contributed by atoms with Gasteiger partial charge in [-0.25, -0.2) is 0 Å². The minimum Gasteiger partial charge on any atom is -0.399 e. The van der Waals surface area contributed by atoms with E-state index in [1.165, 1.54) is 30.4 Å². The molecule has 0 aromatic heterocycles. The average molecular weight is 254 g/mol. The van der Waals surface area contributed by atoms with Gasteiger partial charge in [0.1, 0.15) is 0 Å². The smallest absolute Gasteiger partial charge is 0.0421 e. The number of benzene rings is 2. The first kappa shape index (κ1) is 13.5. The zero-order chi connectivity index (χ0) is 13.5. The van der Waals surface area contributed by atoms with Crippen molar-refractivity contribution < 1.29 is 0 Å². The highest BCUT2D eigenvalue weighted by Crippen LogP contribution is 2.29. The van der Waals surface area contributed by atoms with Crippen molar-refractivity contribution in [2.45, 2.75) is 26.2 Å². The Morgan fingerprint density at radius 2 is 1.79 bits per heavy atom. The molecule has 0 fully saturated rings. The molecule has 0 unspecified atom stereocenters. The third kappa shape index (κ3) is 3.75. The second-order valence-corrected chi connectivity index (χ2v) is 4.80. The molecular formula is C17H22N2. The van der Waals surface area contributed by atoms with Crippen LogP contribution in [0.3, 0.4) is 0 Å². The minimum atomic E-state index is 0.804. The summed E-state index contributed by atoms with van der Waals surface area (Å²) in [6.07, 6.45) is 3.71.